The number of H-pyrrole nitrogens is 1. The average Bonchev–Trinajstić information content (AvgIpc) is 2.87. The molecule has 19 heavy (non-hydrogen) atoms. The summed E-state index contributed by atoms with van der Waals surface area (Å²) in [4.78, 5) is 15.9. The molecular weight excluding hydrogens is 270 g/mol. The molecule has 0 aromatic carbocycles. The van der Waals surface area contributed by atoms with Crippen LogP contribution in [0, 0.1) is 0 Å². The molecule has 2 aromatic heterocycles. The highest BCUT2D eigenvalue weighted by molar-refractivity contribution is 6.28. The SMILES string of the molecule is CCOc1nc(Cl)nc(NCCCc2ncn[nH]2)n1. The van der Waals surface area contributed by atoms with Crippen LogP contribution in [0.3, 0.4) is 0 Å². The second-order valence-corrected chi connectivity index (χ2v) is 3.94. The van der Waals surface area contributed by atoms with Crippen LogP contribution in [0.5, 0.6) is 6.01 Å². The fourth-order valence-electron chi connectivity index (χ4n) is 1.41. The number of anilines is 1. The first-order valence-corrected chi connectivity index (χ1v) is 6.28. The summed E-state index contributed by atoms with van der Waals surface area (Å²) in [5, 5.41) is 9.74. The Kier molecular flexibility index (Phi) is 4.85. The fourth-order valence-corrected chi connectivity index (χ4v) is 1.56. The van der Waals surface area contributed by atoms with Crippen LogP contribution in [0.25, 0.3) is 0 Å². The van der Waals surface area contributed by atoms with Crippen molar-refractivity contribution in [2.75, 3.05) is 18.5 Å². The maximum atomic E-state index is 5.77. The lowest BCUT2D eigenvalue weighted by Gasteiger charge is -2.06. The average molecular weight is 284 g/mol. The maximum absolute atomic E-state index is 5.77. The third-order valence-electron chi connectivity index (χ3n) is 2.20. The smallest absolute Gasteiger partial charge is 0.322 e. The van der Waals surface area contributed by atoms with E-state index in [1.165, 1.54) is 6.33 Å². The van der Waals surface area contributed by atoms with E-state index in [1.807, 2.05) is 6.92 Å². The largest absolute Gasteiger partial charge is 0.464 e. The first-order valence-electron chi connectivity index (χ1n) is 5.90. The lowest BCUT2D eigenvalue weighted by Crippen LogP contribution is -2.09. The van der Waals surface area contributed by atoms with E-state index in [9.17, 15) is 0 Å². The highest BCUT2D eigenvalue weighted by Crippen LogP contribution is 2.11. The number of ether oxygens (including phenoxy) is 1. The third-order valence-corrected chi connectivity index (χ3v) is 2.37. The molecule has 0 atom stereocenters. The normalized spacial score (nSPS) is 10.4. The van der Waals surface area contributed by atoms with Crippen LogP contribution in [-0.2, 0) is 6.42 Å². The summed E-state index contributed by atoms with van der Waals surface area (Å²) in [6.45, 7) is 3.01. The Labute approximate surface area is 115 Å². The number of hydrogen-bond donors (Lipinski definition) is 2. The van der Waals surface area contributed by atoms with Gasteiger partial charge in [-0.1, -0.05) is 0 Å². The molecule has 8 nitrogen and oxygen atoms in total. The van der Waals surface area contributed by atoms with Gasteiger partial charge in [0.2, 0.25) is 11.2 Å². The van der Waals surface area contributed by atoms with E-state index in [0.29, 0.717) is 19.1 Å². The van der Waals surface area contributed by atoms with Gasteiger partial charge in [0.05, 0.1) is 6.61 Å². The van der Waals surface area contributed by atoms with Gasteiger partial charge >= 0.3 is 6.01 Å². The van der Waals surface area contributed by atoms with Crippen LogP contribution in [0.1, 0.15) is 19.2 Å². The van der Waals surface area contributed by atoms with Crippen molar-refractivity contribution in [1.82, 2.24) is 30.1 Å². The molecule has 0 bridgehead atoms. The predicted octanol–water partition coefficient (Wildman–Crippen LogP) is 1.09. The Morgan fingerprint density at radius 2 is 2.26 bits per heavy atom. The summed E-state index contributed by atoms with van der Waals surface area (Å²) in [5.74, 6) is 1.26. The molecule has 2 aromatic rings. The Morgan fingerprint density at radius 1 is 1.37 bits per heavy atom. The molecule has 2 N–H and O–H groups in total. The number of aromatic amines is 1. The highest BCUT2D eigenvalue weighted by atomic mass is 35.5. The first-order chi connectivity index (χ1) is 9.28. The molecule has 102 valence electrons. The van der Waals surface area contributed by atoms with Crippen LogP contribution in [0.4, 0.5) is 5.95 Å². The molecule has 0 unspecified atom stereocenters. The van der Waals surface area contributed by atoms with Crippen LogP contribution in [0.15, 0.2) is 6.33 Å². The van der Waals surface area contributed by atoms with Crippen LogP contribution in [-0.4, -0.2) is 43.3 Å². The Balaban J connectivity index is 1.81. The van der Waals surface area contributed by atoms with Crippen molar-refractivity contribution in [3.63, 3.8) is 0 Å². The van der Waals surface area contributed by atoms with Gasteiger partial charge in [-0.15, -0.1) is 0 Å². The second-order valence-electron chi connectivity index (χ2n) is 3.61. The van der Waals surface area contributed by atoms with Gasteiger partial charge in [-0.05, 0) is 24.9 Å². The van der Waals surface area contributed by atoms with Crippen LogP contribution >= 0.6 is 11.6 Å². The van der Waals surface area contributed by atoms with Gasteiger partial charge in [0.15, 0.2) is 0 Å². The van der Waals surface area contributed by atoms with Gasteiger partial charge in [0.25, 0.3) is 0 Å². The number of halogens is 1. The van der Waals surface area contributed by atoms with Crippen molar-refractivity contribution in [3.05, 3.63) is 17.4 Å². The summed E-state index contributed by atoms with van der Waals surface area (Å²) >= 11 is 5.77. The molecule has 0 aliphatic heterocycles. The van der Waals surface area contributed by atoms with Gasteiger partial charge in [-0.3, -0.25) is 5.10 Å². The van der Waals surface area contributed by atoms with Crippen molar-refractivity contribution in [2.45, 2.75) is 19.8 Å². The lowest BCUT2D eigenvalue weighted by molar-refractivity contribution is 0.312. The van der Waals surface area contributed by atoms with Crippen LogP contribution < -0.4 is 10.1 Å². The van der Waals surface area contributed by atoms with Crippen LogP contribution in [0.2, 0.25) is 5.28 Å². The number of aromatic nitrogens is 6. The molecule has 0 radical (unpaired) electrons. The molecule has 9 heteroatoms. The number of nitrogens with one attached hydrogen (secondary N) is 2. The van der Waals surface area contributed by atoms with E-state index in [1.54, 1.807) is 0 Å². The second kappa shape index (κ2) is 6.83. The molecule has 0 amide bonds. The lowest BCUT2D eigenvalue weighted by atomic mass is 10.3. The van der Waals surface area contributed by atoms with Gasteiger partial charge in [0.1, 0.15) is 12.2 Å². The molecule has 0 saturated heterocycles. The zero-order valence-electron chi connectivity index (χ0n) is 10.4. The number of hydrogen-bond acceptors (Lipinski definition) is 7. The van der Waals surface area contributed by atoms with E-state index < -0.39 is 0 Å². The summed E-state index contributed by atoms with van der Waals surface area (Å²) in [6.07, 6.45) is 3.15. The minimum atomic E-state index is 0.108. The zero-order chi connectivity index (χ0) is 13.5. The molecule has 0 saturated carbocycles. The van der Waals surface area contributed by atoms with Crippen molar-refractivity contribution < 1.29 is 4.74 Å². The van der Waals surface area contributed by atoms with Crippen molar-refractivity contribution in [2.24, 2.45) is 0 Å². The topological polar surface area (TPSA) is 102 Å². The van der Waals surface area contributed by atoms with E-state index in [0.717, 1.165) is 18.7 Å². The summed E-state index contributed by atoms with van der Waals surface area (Å²) in [5.41, 5.74) is 0. The van der Waals surface area contributed by atoms with E-state index >= 15 is 0 Å². The molecule has 2 heterocycles. The van der Waals surface area contributed by atoms with E-state index in [-0.39, 0.29) is 11.3 Å². The number of aryl methyl sites for hydroxylation is 1. The summed E-state index contributed by atoms with van der Waals surface area (Å²) in [6, 6.07) is 0.222. The van der Waals surface area contributed by atoms with Crippen molar-refractivity contribution in [3.8, 4) is 6.01 Å². The third kappa shape index (κ3) is 4.32. The number of rotatable bonds is 7. The number of nitrogens with zero attached hydrogens (tertiary/aromatic N) is 5. The van der Waals surface area contributed by atoms with Gasteiger partial charge in [-0.25, -0.2) is 4.98 Å². The fraction of sp³-hybridized carbons (Fsp3) is 0.500. The molecule has 0 aliphatic rings. The van der Waals surface area contributed by atoms with Gasteiger partial charge in [0, 0.05) is 13.0 Å². The Hall–Kier alpha value is -1.96. The first kappa shape index (κ1) is 13.5. The molecule has 2 rings (SSSR count). The summed E-state index contributed by atoms with van der Waals surface area (Å²) < 4.78 is 5.18. The predicted molar refractivity (Wildman–Crippen MR) is 69.2 cm³/mol. The molecule has 0 aliphatic carbocycles. The molecular formula is C10H14ClN7O. The Bertz CT molecular complexity index is 505. The van der Waals surface area contributed by atoms with Crippen molar-refractivity contribution in [1.29, 1.82) is 0 Å². The minimum absolute atomic E-state index is 0.108. The van der Waals surface area contributed by atoms with Gasteiger partial charge in [-0.2, -0.15) is 20.1 Å². The van der Waals surface area contributed by atoms with Gasteiger partial charge < -0.3 is 10.1 Å². The highest BCUT2D eigenvalue weighted by Gasteiger charge is 2.05. The summed E-state index contributed by atoms with van der Waals surface area (Å²) in [7, 11) is 0. The molecule has 0 fully saturated rings. The van der Waals surface area contributed by atoms with Crippen molar-refractivity contribution >= 4 is 17.5 Å². The standard InChI is InChI=1S/C10H14ClN7O/c1-2-19-10-16-8(11)15-9(17-10)12-5-3-4-7-13-6-14-18-7/h6H,2-5H2,1H3,(H,13,14,18)(H,12,15,16,17). The van der Waals surface area contributed by atoms with E-state index in [4.69, 9.17) is 16.3 Å². The monoisotopic (exact) mass is 283 g/mol. The zero-order valence-corrected chi connectivity index (χ0v) is 11.2. The maximum Gasteiger partial charge on any atom is 0.322 e. The molecule has 0 spiro atoms. The Morgan fingerprint density at radius 3 is 3.00 bits per heavy atom. The quantitative estimate of drug-likeness (QED) is 0.733. The minimum Gasteiger partial charge on any atom is -0.464 e. The van der Waals surface area contributed by atoms with E-state index in [2.05, 4.69) is 35.5 Å².